The van der Waals surface area contributed by atoms with E-state index in [1.54, 1.807) is 12.1 Å². The van der Waals surface area contributed by atoms with Gasteiger partial charge in [0.1, 0.15) is 18.2 Å². The molecule has 1 amide bonds. The van der Waals surface area contributed by atoms with Gasteiger partial charge in [-0.15, -0.1) is 0 Å². The lowest BCUT2D eigenvalue weighted by molar-refractivity contribution is -0.116. The molecule has 0 bridgehead atoms. The van der Waals surface area contributed by atoms with Gasteiger partial charge in [0.2, 0.25) is 5.91 Å². The van der Waals surface area contributed by atoms with E-state index in [2.05, 4.69) is 10.3 Å². The summed E-state index contributed by atoms with van der Waals surface area (Å²) >= 11 is 0. The standard InChI is InChI=1S/C22H22FN3O2/c1-4-18-12-21(28)26(22(24-18)16-6-8-17(23)9-7-16)13-20(27)25-19-10-5-14(2)11-15(19)3/h5-12H,4,13H2,1-3H3,(H,25,27). The summed E-state index contributed by atoms with van der Waals surface area (Å²) in [5.74, 6) is -0.361. The smallest absolute Gasteiger partial charge is 0.254 e. The summed E-state index contributed by atoms with van der Waals surface area (Å²) in [6.07, 6.45) is 0.582. The lowest BCUT2D eigenvalue weighted by Crippen LogP contribution is -2.30. The summed E-state index contributed by atoms with van der Waals surface area (Å²) in [6.45, 7) is 5.60. The normalized spacial score (nSPS) is 10.7. The first-order valence-corrected chi connectivity index (χ1v) is 9.11. The van der Waals surface area contributed by atoms with Crippen LogP contribution in [0.2, 0.25) is 0 Å². The second-order valence-electron chi connectivity index (χ2n) is 6.72. The number of aryl methyl sites for hydroxylation is 3. The van der Waals surface area contributed by atoms with Crippen LogP contribution in [-0.4, -0.2) is 15.5 Å². The predicted octanol–water partition coefficient (Wildman–Crippen LogP) is 3.87. The van der Waals surface area contributed by atoms with Gasteiger partial charge in [0.15, 0.2) is 0 Å². The van der Waals surface area contributed by atoms with Gasteiger partial charge in [-0.25, -0.2) is 9.37 Å². The van der Waals surface area contributed by atoms with E-state index in [1.807, 2.05) is 39.0 Å². The molecule has 3 aromatic rings. The highest BCUT2D eigenvalue weighted by atomic mass is 19.1. The molecule has 28 heavy (non-hydrogen) atoms. The number of hydrogen-bond donors (Lipinski definition) is 1. The van der Waals surface area contributed by atoms with Crippen molar-refractivity contribution >= 4 is 11.6 Å². The number of rotatable bonds is 5. The number of carbonyl (C=O) groups excluding carboxylic acids is 1. The van der Waals surface area contributed by atoms with Crippen molar-refractivity contribution in [1.82, 2.24) is 9.55 Å². The Bertz CT molecular complexity index is 1070. The molecule has 0 atom stereocenters. The van der Waals surface area contributed by atoms with Crippen molar-refractivity contribution in [2.75, 3.05) is 5.32 Å². The van der Waals surface area contributed by atoms with E-state index >= 15 is 0 Å². The Balaban J connectivity index is 1.95. The molecular weight excluding hydrogens is 357 g/mol. The van der Waals surface area contributed by atoms with Gasteiger partial charge in [-0.2, -0.15) is 0 Å². The van der Waals surface area contributed by atoms with E-state index in [0.29, 0.717) is 29.2 Å². The van der Waals surface area contributed by atoms with Crippen molar-refractivity contribution in [2.45, 2.75) is 33.7 Å². The molecule has 0 radical (unpaired) electrons. The van der Waals surface area contributed by atoms with E-state index < -0.39 is 0 Å². The molecule has 1 heterocycles. The Morgan fingerprint density at radius 2 is 1.82 bits per heavy atom. The molecule has 0 aliphatic carbocycles. The molecular formula is C22H22FN3O2. The summed E-state index contributed by atoms with van der Waals surface area (Å²) in [5.41, 5.74) is 3.62. The van der Waals surface area contributed by atoms with E-state index in [-0.39, 0.29) is 23.8 Å². The maximum atomic E-state index is 13.3. The number of aromatic nitrogens is 2. The van der Waals surface area contributed by atoms with E-state index in [0.717, 1.165) is 11.1 Å². The Kier molecular flexibility index (Phi) is 5.68. The van der Waals surface area contributed by atoms with Crippen molar-refractivity contribution in [3.8, 4) is 11.4 Å². The third-order valence-corrected chi connectivity index (χ3v) is 4.48. The second-order valence-corrected chi connectivity index (χ2v) is 6.72. The average molecular weight is 379 g/mol. The maximum Gasteiger partial charge on any atom is 0.254 e. The van der Waals surface area contributed by atoms with Crippen molar-refractivity contribution in [3.63, 3.8) is 0 Å². The van der Waals surface area contributed by atoms with Crippen LogP contribution >= 0.6 is 0 Å². The topological polar surface area (TPSA) is 64.0 Å². The van der Waals surface area contributed by atoms with Crippen LogP contribution in [0.3, 0.4) is 0 Å². The van der Waals surface area contributed by atoms with Crippen LogP contribution in [0.25, 0.3) is 11.4 Å². The molecule has 0 aliphatic rings. The number of hydrogen-bond acceptors (Lipinski definition) is 3. The van der Waals surface area contributed by atoms with Gasteiger partial charge in [0.25, 0.3) is 5.56 Å². The molecule has 0 unspecified atom stereocenters. The first-order valence-electron chi connectivity index (χ1n) is 9.11. The zero-order valence-electron chi connectivity index (χ0n) is 16.1. The number of anilines is 1. The van der Waals surface area contributed by atoms with Crippen LogP contribution in [0, 0.1) is 19.7 Å². The quantitative estimate of drug-likeness (QED) is 0.732. The number of carbonyl (C=O) groups is 1. The monoisotopic (exact) mass is 379 g/mol. The first-order chi connectivity index (χ1) is 13.4. The molecule has 0 fully saturated rings. The van der Waals surface area contributed by atoms with E-state index in [4.69, 9.17) is 0 Å². The van der Waals surface area contributed by atoms with E-state index in [9.17, 15) is 14.0 Å². The van der Waals surface area contributed by atoms with Gasteiger partial charge in [0, 0.05) is 23.0 Å². The fraction of sp³-hybridized carbons (Fsp3) is 0.227. The SMILES string of the molecule is CCc1cc(=O)n(CC(=O)Nc2ccc(C)cc2C)c(-c2ccc(F)cc2)n1. The number of nitrogens with one attached hydrogen (secondary N) is 1. The number of benzene rings is 2. The Hall–Kier alpha value is -3.28. The maximum absolute atomic E-state index is 13.3. The average Bonchev–Trinajstić information content (AvgIpc) is 2.66. The van der Waals surface area contributed by atoms with Gasteiger partial charge >= 0.3 is 0 Å². The minimum Gasteiger partial charge on any atom is -0.324 e. The molecule has 3 rings (SSSR count). The summed E-state index contributed by atoms with van der Waals surface area (Å²) in [6, 6.07) is 12.9. The summed E-state index contributed by atoms with van der Waals surface area (Å²) in [4.78, 5) is 29.7. The molecule has 1 aromatic heterocycles. The van der Waals surface area contributed by atoms with Gasteiger partial charge in [-0.05, 0) is 56.2 Å². The summed E-state index contributed by atoms with van der Waals surface area (Å²) in [7, 11) is 0. The highest BCUT2D eigenvalue weighted by Crippen LogP contribution is 2.19. The molecule has 144 valence electrons. The van der Waals surface area contributed by atoms with Crippen LogP contribution in [0.15, 0.2) is 53.3 Å². The van der Waals surface area contributed by atoms with Crippen molar-refractivity contribution in [2.24, 2.45) is 0 Å². The van der Waals surface area contributed by atoms with Gasteiger partial charge in [-0.3, -0.25) is 14.2 Å². The minimum absolute atomic E-state index is 0.185. The minimum atomic E-state index is -0.378. The predicted molar refractivity (Wildman–Crippen MR) is 108 cm³/mol. The second kappa shape index (κ2) is 8.17. The number of amides is 1. The Labute approximate surface area is 162 Å². The molecule has 0 saturated heterocycles. The highest BCUT2D eigenvalue weighted by Gasteiger charge is 2.14. The Morgan fingerprint density at radius 1 is 1.11 bits per heavy atom. The molecule has 5 nitrogen and oxygen atoms in total. The van der Waals surface area contributed by atoms with Gasteiger partial charge in [-0.1, -0.05) is 24.6 Å². The fourth-order valence-corrected chi connectivity index (χ4v) is 2.99. The van der Waals surface area contributed by atoms with Crippen LogP contribution in [0.1, 0.15) is 23.7 Å². The van der Waals surface area contributed by atoms with Crippen LogP contribution in [0.5, 0.6) is 0 Å². The molecule has 0 aliphatic heterocycles. The number of halogens is 1. The van der Waals surface area contributed by atoms with Crippen molar-refractivity contribution in [3.05, 3.63) is 81.5 Å². The largest absolute Gasteiger partial charge is 0.324 e. The summed E-state index contributed by atoms with van der Waals surface area (Å²) < 4.78 is 14.6. The van der Waals surface area contributed by atoms with Gasteiger partial charge < -0.3 is 5.32 Å². The first kappa shape index (κ1) is 19.5. The summed E-state index contributed by atoms with van der Waals surface area (Å²) in [5, 5.41) is 2.84. The van der Waals surface area contributed by atoms with Crippen LogP contribution in [0.4, 0.5) is 10.1 Å². The van der Waals surface area contributed by atoms with Crippen molar-refractivity contribution < 1.29 is 9.18 Å². The zero-order valence-corrected chi connectivity index (χ0v) is 16.1. The molecule has 1 N–H and O–H groups in total. The highest BCUT2D eigenvalue weighted by molar-refractivity contribution is 5.91. The molecule has 0 spiro atoms. The van der Waals surface area contributed by atoms with Crippen molar-refractivity contribution in [1.29, 1.82) is 0 Å². The number of nitrogens with zero attached hydrogens (tertiary/aromatic N) is 2. The zero-order chi connectivity index (χ0) is 20.3. The third-order valence-electron chi connectivity index (χ3n) is 4.48. The molecule has 2 aromatic carbocycles. The lowest BCUT2D eigenvalue weighted by atomic mass is 10.1. The van der Waals surface area contributed by atoms with E-state index in [1.165, 1.54) is 22.8 Å². The van der Waals surface area contributed by atoms with Gasteiger partial charge in [0.05, 0.1) is 0 Å². The van der Waals surface area contributed by atoms with Crippen LogP contribution < -0.4 is 10.9 Å². The fourth-order valence-electron chi connectivity index (χ4n) is 2.99. The Morgan fingerprint density at radius 3 is 2.46 bits per heavy atom. The lowest BCUT2D eigenvalue weighted by Gasteiger charge is -2.14. The van der Waals surface area contributed by atoms with Crippen LogP contribution in [-0.2, 0) is 17.8 Å². The molecule has 6 heteroatoms. The third kappa shape index (κ3) is 4.34. The molecule has 0 saturated carbocycles.